The lowest BCUT2D eigenvalue weighted by Crippen LogP contribution is -2.33. The molecule has 0 bridgehead atoms. The van der Waals surface area contributed by atoms with Gasteiger partial charge in [-0.25, -0.2) is 4.79 Å². The number of nitrogens with one attached hydrogen (secondary N) is 1. The van der Waals surface area contributed by atoms with E-state index in [1.807, 2.05) is 0 Å². The minimum atomic E-state index is -0.913. The van der Waals surface area contributed by atoms with Crippen LogP contribution in [-0.4, -0.2) is 14.5 Å². The molecule has 0 amide bonds. The van der Waals surface area contributed by atoms with Crippen LogP contribution in [0.2, 0.25) is 0 Å². The zero-order valence-electron chi connectivity index (χ0n) is 6.10. The van der Waals surface area contributed by atoms with Crippen LogP contribution in [0.4, 0.5) is 5.69 Å². The quantitative estimate of drug-likeness (QED) is 0.432. The minimum Gasteiger partial charge on any atom is -0.307 e. The summed E-state index contributed by atoms with van der Waals surface area (Å²) in [6, 6.07) is 0. The SMILES string of the molecule is Cn1c(=O)[nH]cc([N+](=O)[O-])c1=O. The largest absolute Gasteiger partial charge is 0.350 e. The van der Waals surface area contributed by atoms with Gasteiger partial charge in [0.2, 0.25) is 0 Å². The number of aromatic nitrogens is 2. The van der Waals surface area contributed by atoms with Gasteiger partial charge in [0.25, 0.3) is 0 Å². The fourth-order valence-electron chi connectivity index (χ4n) is 0.684. The smallest absolute Gasteiger partial charge is 0.307 e. The Bertz CT molecular complexity index is 429. The molecule has 0 saturated heterocycles. The predicted molar refractivity (Wildman–Crippen MR) is 39.0 cm³/mol. The summed E-state index contributed by atoms with van der Waals surface area (Å²) < 4.78 is 0.637. The molecule has 64 valence electrons. The first kappa shape index (κ1) is 8.18. The van der Waals surface area contributed by atoms with Crippen molar-refractivity contribution >= 4 is 5.69 Å². The normalized spacial score (nSPS) is 9.75. The molecule has 0 spiro atoms. The molecule has 7 heteroatoms. The summed E-state index contributed by atoms with van der Waals surface area (Å²) in [4.78, 5) is 33.0. The maximum Gasteiger partial charge on any atom is 0.350 e. The molecule has 0 aliphatic rings. The van der Waals surface area contributed by atoms with Crippen LogP contribution in [0.15, 0.2) is 15.8 Å². The van der Waals surface area contributed by atoms with E-state index in [1.54, 1.807) is 0 Å². The molecule has 0 aliphatic heterocycles. The van der Waals surface area contributed by atoms with E-state index in [0.717, 1.165) is 13.2 Å². The maximum atomic E-state index is 10.9. The Morgan fingerprint density at radius 3 is 2.67 bits per heavy atom. The second-order valence-corrected chi connectivity index (χ2v) is 2.10. The Hall–Kier alpha value is -1.92. The first-order valence-corrected chi connectivity index (χ1v) is 2.97. The van der Waals surface area contributed by atoms with E-state index in [1.165, 1.54) is 0 Å². The molecule has 0 fully saturated rings. The molecule has 0 aromatic carbocycles. The van der Waals surface area contributed by atoms with Crippen molar-refractivity contribution in [3.05, 3.63) is 37.1 Å². The van der Waals surface area contributed by atoms with Crippen LogP contribution < -0.4 is 11.2 Å². The van der Waals surface area contributed by atoms with E-state index < -0.39 is 21.9 Å². The van der Waals surface area contributed by atoms with Gasteiger partial charge in [-0.15, -0.1) is 0 Å². The molecule has 0 unspecified atom stereocenters. The zero-order chi connectivity index (χ0) is 9.30. The molecule has 1 N–H and O–H groups in total. The fraction of sp³-hybridized carbons (Fsp3) is 0.200. The highest BCUT2D eigenvalue weighted by Crippen LogP contribution is 1.95. The van der Waals surface area contributed by atoms with Gasteiger partial charge in [0.1, 0.15) is 0 Å². The third-order valence-corrected chi connectivity index (χ3v) is 1.36. The molecular weight excluding hydrogens is 166 g/mol. The van der Waals surface area contributed by atoms with Crippen molar-refractivity contribution in [2.45, 2.75) is 0 Å². The molecule has 1 aromatic heterocycles. The molecule has 7 nitrogen and oxygen atoms in total. The Kier molecular flexibility index (Phi) is 1.78. The van der Waals surface area contributed by atoms with Crippen LogP contribution in [0.3, 0.4) is 0 Å². The Morgan fingerprint density at radius 2 is 2.17 bits per heavy atom. The van der Waals surface area contributed by atoms with E-state index in [9.17, 15) is 19.7 Å². The van der Waals surface area contributed by atoms with Gasteiger partial charge in [0.05, 0.1) is 11.1 Å². The van der Waals surface area contributed by atoms with E-state index in [-0.39, 0.29) is 0 Å². The molecule has 12 heavy (non-hydrogen) atoms. The zero-order valence-corrected chi connectivity index (χ0v) is 6.10. The Morgan fingerprint density at radius 1 is 1.58 bits per heavy atom. The van der Waals surface area contributed by atoms with Gasteiger partial charge < -0.3 is 4.98 Å². The Balaban J connectivity index is 3.58. The highest BCUT2D eigenvalue weighted by atomic mass is 16.6. The van der Waals surface area contributed by atoms with E-state index in [2.05, 4.69) is 4.98 Å². The van der Waals surface area contributed by atoms with Crippen molar-refractivity contribution < 1.29 is 4.92 Å². The standard InChI is InChI=1S/C5H5N3O4/c1-7-4(9)3(8(11)12)2-6-5(7)10/h2H,1H3,(H,6,10). The maximum absolute atomic E-state index is 10.9. The summed E-state index contributed by atoms with van der Waals surface area (Å²) in [7, 11) is 1.16. The molecule has 1 aromatic rings. The number of hydrogen-bond donors (Lipinski definition) is 1. The average molecular weight is 171 g/mol. The van der Waals surface area contributed by atoms with Gasteiger partial charge >= 0.3 is 16.9 Å². The summed E-state index contributed by atoms with van der Waals surface area (Å²) in [5.41, 5.74) is -2.23. The number of nitrogens with zero attached hydrogens (tertiary/aromatic N) is 2. The summed E-state index contributed by atoms with van der Waals surface area (Å²) in [5.74, 6) is 0. The average Bonchev–Trinajstić information content (AvgIpc) is 2.00. The third kappa shape index (κ3) is 1.11. The van der Waals surface area contributed by atoms with Crippen molar-refractivity contribution in [3.8, 4) is 0 Å². The lowest BCUT2D eigenvalue weighted by Gasteiger charge is -1.93. The molecule has 1 rings (SSSR count). The lowest BCUT2D eigenvalue weighted by atomic mass is 10.5. The van der Waals surface area contributed by atoms with Crippen LogP contribution in [0.5, 0.6) is 0 Å². The third-order valence-electron chi connectivity index (χ3n) is 1.36. The topological polar surface area (TPSA) is 98.0 Å². The number of hydrogen-bond acceptors (Lipinski definition) is 4. The monoisotopic (exact) mass is 171 g/mol. The van der Waals surface area contributed by atoms with Gasteiger partial charge in [0.15, 0.2) is 0 Å². The fourth-order valence-corrected chi connectivity index (χ4v) is 0.684. The Labute approximate surface area is 65.4 Å². The predicted octanol–water partition coefficient (Wildman–Crippen LogP) is -1.02. The van der Waals surface area contributed by atoms with E-state index in [4.69, 9.17) is 0 Å². The van der Waals surface area contributed by atoms with Gasteiger partial charge in [-0.3, -0.25) is 19.5 Å². The first-order valence-electron chi connectivity index (χ1n) is 2.97. The number of aromatic amines is 1. The van der Waals surface area contributed by atoms with Crippen molar-refractivity contribution in [1.29, 1.82) is 0 Å². The molecule has 0 radical (unpaired) electrons. The number of rotatable bonds is 1. The highest BCUT2D eigenvalue weighted by molar-refractivity contribution is 5.20. The summed E-state index contributed by atoms with van der Waals surface area (Å²) in [5, 5.41) is 10.2. The van der Waals surface area contributed by atoms with Crippen LogP contribution >= 0.6 is 0 Å². The second-order valence-electron chi connectivity index (χ2n) is 2.10. The van der Waals surface area contributed by atoms with Gasteiger partial charge in [-0.1, -0.05) is 0 Å². The summed E-state index contributed by atoms with van der Waals surface area (Å²) in [6.45, 7) is 0. The van der Waals surface area contributed by atoms with Gasteiger partial charge in [0, 0.05) is 7.05 Å². The molecule has 0 saturated carbocycles. The minimum absolute atomic E-state index is 0.637. The van der Waals surface area contributed by atoms with Gasteiger partial charge in [-0.05, 0) is 0 Å². The summed E-state index contributed by atoms with van der Waals surface area (Å²) >= 11 is 0. The molecular formula is C5H5N3O4. The molecule has 0 aliphatic carbocycles. The van der Waals surface area contributed by atoms with E-state index in [0.29, 0.717) is 4.57 Å². The molecule has 1 heterocycles. The highest BCUT2D eigenvalue weighted by Gasteiger charge is 2.13. The van der Waals surface area contributed by atoms with Crippen LogP contribution in [0.1, 0.15) is 0 Å². The van der Waals surface area contributed by atoms with E-state index >= 15 is 0 Å². The van der Waals surface area contributed by atoms with Crippen LogP contribution in [0, 0.1) is 10.1 Å². The van der Waals surface area contributed by atoms with Crippen LogP contribution in [-0.2, 0) is 7.05 Å². The number of H-pyrrole nitrogens is 1. The second kappa shape index (κ2) is 2.61. The molecule has 0 atom stereocenters. The van der Waals surface area contributed by atoms with Gasteiger partial charge in [-0.2, -0.15) is 0 Å². The summed E-state index contributed by atoms with van der Waals surface area (Å²) in [6.07, 6.45) is 0.782. The van der Waals surface area contributed by atoms with Crippen LogP contribution in [0.25, 0.3) is 0 Å². The van der Waals surface area contributed by atoms with Crippen molar-refractivity contribution in [2.75, 3.05) is 0 Å². The van der Waals surface area contributed by atoms with Crippen molar-refractivity contribution in [2.24, 2.45) is 7.05 Å². The van der Waals surface area contributed by atoms with Crippen molar-refractivity contribution in [3.63, 3.8) is 0 Å². The number of nitro groups is 1. The van der Waals surface area contributed by atoms with Crippen molar-refractivity contribution in [1.82, 2.24) is 9.55 Å². The lowest BCUT2D eigenvalue weighted by molar-refractivity contribution is -0.386. The first-order chi connectivity index (χ1) is 5.54.